The number of ether oxygens (including phenoxy) is 1. The number of hydrogen-bond acceptors (Lipinski definition) is 5. The molecule has 3 aromatic rings. The number of hydrogen-bond donors (Lipinski definition) is 0. The fourth-order valence-corrected chi connectivity index (χ4v) is 5.54. The number of fused-ring (bicyclic) bond motifs is 1. The van der Waals surface area contributed by atoms with Crippen LogP contribution in [0.15, 0.2) is 52.9 Å². The van der Waals surface area contributed by atoms with Crippen molar-refractivity contribution in [3.63, 3.8) is 0 Å². The normalized spacial score (nSPS) is 17.5. The monoisotopic (exact) mass is 460 g/mol. The van der Waals surface area contributed by atoms with Crippen molar-refractivity contribution in [2.75, 3.05) is 6.61 Å². The number of benzene rings is 2. The molecular weight excluding hydrogens is 428 g/mol. The van der Waals surface area contributed by atoms with Crippen LogP contribution in [0.4, 0.5) is 0 Å². The number of carbonyl (C=O) groups excluding carboxylic acids is 2. The minimum absolute atomic E-state index is 0.0634. The van der Waals surface area contributed by atoms with Crippen molar-refractivity contribution < 1.29 is 18.7 Å². The minimum Gasteiger partial charge on any atom is -0.452 e. The second-order valence-corrected chi connectivity index (χ2v) is 9.49. The maximum Gasteiger partial charge on any atom is 0.339 e. The molecule has 0 saturated heterocycles. The van der Waals surface area contributed by atoms with E-state index in [0.29, 0.717) is 22.6 Å². The molecule has 178 valence electrons. The molecule has 1 heterocycles. The van der Waals surface area contributed by atoms with Crippen LogP contribution in [0.1, 0.15) is 74.6 Å². The summed E-state index contributed by atoms with van der Waals surface area (Å²) < 4.78 is 11.5. The van der Waals surface area contributed by atoms with Gasteiger partial charge in [-0.05, 0) is 49.9 Å². The zero-order chi connectivity index (χ0) is 23.3. The fourth-order valence-electron chi connectivity index (χ4n) is 5.54. The molecule has 0 N–H and O–H groups in total. The Labute approximate surface area is 200 Å². The third-order valence-electron chi connectivity index (χ3n) is 7.22. The van der Waals surface area contributed by atoms with Crippen molar-refractivity contribution in [2.45, 2.75) is 76.3 Å². The van der Waals surface area contributed by atoms with Gasteiger partial charge in [-0.25, -0.2) is 9.78 Å². The summed E-state index contributed by atoms with van der Waals surface area (Å²) in [5.41, 5.74) is 2.30. The van der Waals surface area contributed by atoms with Crippen LogP contribution in [-0.4, -0.2) is 40.5 Å². The molecule has 2 aromatic carbocycles. The fraction of sp³-hybridized carbons (Fsp3) is 0.464. The number of carbonyl (C=O) groups is 2. The zero-order valence-electron chi connectivity index (χ0n) is 19.6. The molecule has 6 nitrogen and oxygen atoms in total. The molecule has 0 bridgehead atoms. The first-order valence-corrected chi connectivity index (χ1v) is 12.6. The van der Waals surface area contributed by atoms with Crippen molar-refractivity contribution in [3.8, 4) is 11.5 Å². The number of oxazole rings is 1. The van der Waals surface area contributed by atoms with Crippen LogP contribution in [-0.2, 0) is 9.53 Å². The molecule has 2 aliphatic carbocycles. The third kappa shape index (κ3) is 4.86. The van der Waals surface area contributed by atoms with Crippen LogP contribution in [0.25, 0.3) is 22.6 Å². The lowest BCUT2D eigenvalue weighted by molar-refractivity contribution is -0.141. The Morgan fingerprint density at radius 1 is 0.853 bits per heavy atom. The number of amides is 1. The molecule has 2 fully saturated rings. The van der Waals surface area contributed by atoms with Gasteiger partial charge in [-0.2, -0.15) is 0 Å². The Kier molecular flexibility index (Phi) is 6.93. The molecule has 0 aliphatic heterocycles. The molecule has 1 amide bonds. The first-order valence-electron chi connectivity index (χ1n) is 12.6. The molecule has 2 aliphatic rings. The van der Waals surface area contributed by atoms with Crippen molar-refractivity contribution in [3.05, 3.63) is 54.1 Å². The molecular formula is C28H32N2O4. The Morgan fingerprint density at radius 2 is 1.47 bits per heavy atom. The highest BCUT2D eigenvalue weighted by atomic mass is 16.5. The zero-order valence-corrected chi connectivity index (χ0v) is 19.6. The summed E-state index contributed by atoms with van der Waals surface area (Å²) in [7, 11) is 0. The highest BCUT2D eigenvalue weighted by Crippen LogP contribution is 2.31. The van der Waals surface area contributed by atoms with E-state index < -0.39 is 5.97 Å². The van der Waals surface area contributed by atoms with Gasteiger partial charge in [0, 0.05) is 12.1 Å². The van der Waals surface area contributed by atoms with Gasteiger partial charge in [0.1, 0.15) is 5.52 Å². The Bertz CT molecular complexity index is 1090. The molecule has 2 saturated carbocycles. The second kappa shape index (κ2) is 10.4. The lowest BCUT2D eigenvalue weighted by atomic mass is 9.88. The topological polar surface area (TPSA) is 72.6 Å². The summed E-state index contributed by atoms with van der Waals surface area (Å²) >= 11 is 0. The highest BCUT2D eigenvalue weighted by Gasteiger charge is 2.33. The molecule has 0 atom stereocenters. The Morgan fingerprint density at radius 3 is 2.15 bits per heavy atom. The SMILES string of the molecule is O=C(OCC(=O)N(C1CCCCC1)C1CCCCC1)c1ccccc1-c1nc2ccccc2o1. The number of aromatic nitrogens is 1. The summed E-state index contributed by atoms with van der Waals surface area (Å²) in [4.78, 5) is 33.0. The Balaban J connectivity index is 1.31. The average Bonchev–Trinajstić information content (AvgIpc) is 3.33. The average molecular weight is 461 g/mol. The predicted molar refractivity (Wildman–Crippen MR) is 130 cm³/mol. The lowest BCUT2D eigenvalue weighted by Crippen LogP contribution is -2.50. The minimum atomic E-state index is -0.529. The van der Waals surface area contributed by atoms with Crippen molar-refractivity contribution in [1.82, 2.24) is 9.88 Å². The van der Waals surface area contributed by atoms with E-state index in [1.807, 2.05) is 30.3 Å². The molecule has 34 heavy (non-hydrogen) atoms. The van der Waals surface area contributed by atoms with E-state index in [9.17, 15) is 9.59 Å². The second-order valence-electron chi connectivity index (χ2n) is 9.49. The smallest absolute Gasteiger partial charge is 0.339 e. The van der Waals surface area contributed by atoms with Gasteiger partial charge in [-0.1, -0.05) is 62.8 Å². The van der Waals surface area contributed by atoms with Gasteiger partial charge in [0.05, 0.1) is 11.1 Å². The van der Waals surface area contributed by atoms with Crippen LogP contribution in [0.5, 0.6) is 0 Å². The number of para-hydroxylation sites is 2. The number of rotatable bonds is 6. The molecule has 0 unspecified atom stereocenters. The van der Waals surface area contributed by atoms with E-state index in [0.717, 1.165) is 31.2 Å². The van der Waals surface area contributed by atoms with Gasteiger partial charge >= 0.3 is 5.97 Å². The maximum atomic E-state index is 13.4. The molecule has 1 aromatic heterocycles. The van der Waals surface area contributed by atoms with Gasteiger partial charge in [-0.3, -0.25) is 4.79 Å². The van der Waals surface area contributed by atoms with Crippen molar-refractivity contribution in [2.24, 2.45) is 0 Å². The van der Waals surface area contributed by atoms with E-state index in [1.165, 1.54) is 38.5 Å². The van der Waals surface area contributed by atoms with Crippen LogP contribution >= 0.6 is 0 Å². The van der Waals surface area contributed by atoms with E-state index in [1.54, 1.807) is 18.2 Å². The third-order valence-corrected chi connectivity index (χ3v) is 7.22. The first kappa shape index (κ1) is 22.6. The largest absolute Gasteiger partial charge is 0.452 e. The van der Waals surface area contributed by atoms with Crippen molar-refractivity contribution in [1.29, 1.82) is 0 Å². The van der Waals surface area contributed by atoms with Gasteiger partial charge in [0.25, 0.3) is 5.91 Å². The summed E-state index contributed by atoms with van der Waals surface area (Å²) in [6, 6.07) is 15.1. The van der Waals surface area contributed by atoms with Crippen LogP contribution in [0.3, 0.4) is 0 Å². The summed E-state index contributed by atoms with van der Waals surface area (Å²) in [5, 5.41) is 0. The van der Waals surface area contributed by atoms with Crippen LogP contribution in [0, 0.1) is 0 Å². The molecule has 5 rings (SSSR count). The highest BCUT2D eigenvalue weighted by molar-refractivity contribution is 5.97. The predicted octanol–water partition coefficient (Wildman–Crippen LogP) is 6.15. The summed E-state index contributed by atoms with van der Waals surface area (Å²) in [5.74, 6) is -0.226. The molecule has 0 spiro atoms. The van der Waals surface area contributed by atoms with Gasteiger partial charge in [-0.15, -0.1) is 0 Å². The standard InChI is InChI=1S/C28H32N2O4/c31-26(30(20-11-3-1-4-12-20)21-13-5-2-6-14-21)19-33-28(32)23-16-8-7-15-22(23)27-29-24-17-9-10-18-25(24)34-27/h7-10,15-18,20-21H,1-6,11-14,19H2. The van der Waals surface area contributed by atoms with Gasteiger partial charge in [0.2, 0.25) is 5.89 Å². The van der Waals surface area contributed by atoms with Gasteiger partial charge in [0.15, 0.2) is 12.2 Å². The number of esters is 1. The summed E-state index contributed by atoms with van der Waals surface area (Å²) in [6.45, 7) is -0.228. The van der Waals surface area contributed by atoms with E-state index in [-0.39, 0.29) is 24.6 Å². The van der Waals surface area contributed by atoms with Crippen molar-refractivity contribution >= 4 is 23.0 Å². The lowest BCUT2D eigenvalue weighted by Gasteiger charge is -2.41. The quantitative estimate of drug-likeness (QED) is 0.413. The van der Waals surface area contributed by atoms with Crippen LogP contribution in [0.2, 0.25) is 0 Å². The van der Waals surface area contributed by atoms with Crippen LogP contribution < -0.4 is 0 Å². The number of nitrogens with zero attached hydrogens (tertiary/aromatic N) is 2. The van der Waals surface area contributed by atoms with Gasteiger partial charge < -0.3 is 14.1 Å². The molecule has 6 heteroatoms. The first-order chi connectivity index (χ1) is 16.7. The maximum absolute atomic E-state index is 13.4. The van der Waals surface area contributed by atoms with E-state index >= 15 is 0 Å². The van der Waals surface area contributed by atoms with E-state index in [2.05, 4.69) is 9.88 Å². The molecule has 0 radical (unpaired) electrons. The van der Waals surface area contributed by atoms with E-state index in [4.69, 9.17) is 9.15 Å². The summed E-state index contributed by atoms with van der Waals surface area (Å²) in [6.07, 6.45) is 11.4. The Hall–Kier alpha value is -3.15.